The number of para-hydroxylation sites is 1. The van der Waals surface area contributed by atoms with Crippen LogP contribution in [0.25, 0.3) is 22.0 Å². The van der Waals surface area contributed by atoms with Gasteiger partial charge in [-0.05, 0) is 43.7 Å². The van der Waals surface area contributed by atoms with Gasteiger partial charge in [0, 0.05) is 22.0 Å². The fraction of sp³-hybridized carbons (Fsp3) is 0.200. The fourth-order valence-corrected chi connectivity index (χ4v) is 3.62. The predicted octanol–water partition coefficient (Wildman–Crippen LogP) is 4.87. The first-order valence-corrected chi connectivity index (χ1v) is 8.68. The van der Waals surface area contributed by atoms with Crippen LogP contribution >= 0.6 is 11.8 Å². The summed E-state index contributed by atoms with van der Waals surface area (Å²) in [6.45, 7) is 3.41. The number of carbonyl (C=O) groups is 1. The van der Waals surface area contributed by atoms with Crippen molar-refractivity contribution < 1.29 is 14.6 Å². The van der Waals surface area contributed by atoms with E-state index >= 15 is 0 Å². The van der Waals surface area contributed by atoms with Gasteiger partial charge in [-0.3, -0.25) is 9.78 Å². The van der Waals surface area contributed by atoms with Crippen molar-refractivity contribution in [2.45, 2.75) is 23.5 Å². The summed E-state index contributed by atoms with van der Waals surface area (Å²) in [5.74, 6) is -0.0471. The summed E-state index contributed by atoms with van der Waals surface area (Å²) in [6, 6.07) is 15.7. The maximum atomic E-state index is 11.5. The molecule has 1 aromatic heterocycles. The minimum Gasteiger partial charge on any atom is -0.496 e. The van der Waals surface area contributed by atoms with Gasteiger partial charge in [0.05, 0.1) is 12.6 Å². The molecule has 0 bridgehead atoms. The molecule has 128 valence electrons. The summed E-state index contributed by atoms with van der Waals surface area (Å²) in [6.07, 6.45) is 1.71. The van der Waals surface area contributed by atoms with Crippen LogP contribution in [-0.2, 0) is 4.79 Å². The molecule has 2 aromatic carbocycles. The summed E-state index contributed by atoms with van der Waals surface area (Å²) in [4.78, 5) is 16.8. The largest absolute Gasteiger partial charge is 0.496 e. The minimum absolute atomic E-state index is 0.797. The lowest BCUT2D eigenvalue weighted by atomic mass is 10.0. The number of thioether (sulfide) groups is 1. The Hall–Kier alpha value is -2.53. The van der Waals surface area contributed by atoms with Crippen molar-refractivity contribution in [3.63, 3.8) is 0 Å². The predicted molar refractivity (Wildman–Crippen MR) is 101 cm³/mol. The SMILES string of the molecule is COc1ccccc1-c1ccc2nccc(SC(C)(C)C(=O)O)c2c1. The van der Waals surface area contributed by atoms with Gasteiger partial charge >= 0.3 is 5.97 Å². The molecule has 0 radical (unpaired) electrons. The molecule has 0 saturated carbocycles. The van der Waals surface area contributed by atoms with Gasteiger partial charge in [-0.1, -0.05) is 24.3 Å². The first-order chi connectivity index (χ1) is 11.9. The number of pyridine rings is 1. The third-order valence-corrected chi connectivity index (χ3v) is 5.26. The van der Waals surface area contributed by atoms with E-state index in [1.54, 1.807) is 27.2 Å². The van der Waals surface area contributed by atoms with Gasteiger partial charge in [-0.2, -0.15) is 0 Å². The summed E-state index contributed by atoms with van der Waals surface area (Å²) in [5, 5.41) is 10.4. The molecule has 5 heteroatoms. The van der Waals surface area contributed by atoms with Crippen molar-refractivity contribution in [1.29, 1.82) is 0 Å². The molecule has 0 spiro atoms. The van der Waals surface area contributed by atoms with E-state index in [1.165, 1.54) is 11.8 Å². The number of carboxylic acid groups (broad SMARTS) is 1. The van der Waals surface area contributed by atoms with Crippen molar-refractivity contribution in [3.8, 4) is 16.9 Å². The first-order valence-electron chi connectivity index (χ1n) is 7.87. The van der Waals surface area contributed by atoms with Gasteiger partial charge in [0.25, 0.3) is 0 Å². The van der Waals surface area contributed by atoms with Crippen LogP contribution in [0.3, 0.4) is 0 Å². The summed E-state index contributed by atoms with van der Waals surface area (Å²) >= 11 is 1.33. The molecular weight excluding hydrogens is 334 g/mol. The molecule has 3 aromatic rings. The molecule has 0 fully saturated rings. The van der Waals surface area contributed by atoms with E-state index in [2.05, 4.69) is 4.98 Å². The van der Waals surface area contributed by atoms with Gasteiger partial charge in [-0.25, -0.2) is 0 Å². The Balaban J connectivity index is 2.13. The second-order valence-corrected chi connectivity index (χ2v) is 7.82. The van der Waals surface area contributed by atoms with E-state index < -0.39 is 10.7 Å². The maximum absolute atomic E-state index is 11.5. The molecule has 4 nitrogen and oxygen atoms in total. The van der Waals surface area contributed by atoms with Gasteiger partial charge in [0.15, 0.2) is 0 Å². The fourth-order valence-electron chi connectivity index (χ4n) is 2.58. The van der Waals surface area contributed by atoms with Crippen molar-refractivity contribution in [2.75, 3.05) is 7.11 Å². The molecule has 0 aliphatic heterocycles. The van der Waals surface area contributed by atoms with Crippen molar-refractivity contribution >= 4 is 28.6 Å². The second-order valence-electron chi connectivity index (χ2n) is 6.16. The molecule has 1 N–H and O–H groups in total. The zero-order chi connectivity index (χ0) is 18.0. The van der Waals surface area contributed by atoms with Crippen molar-refractivity contribution in [3.05, 3.63) is 54.7 Å². The molecular formula is C20H19NO3S. The molecule has 0 atom stereocenters. The Bertz CT molecular complexity index is 937. The average molecular weight is 353 g/mol. The molecule has 0 unspecified atom stereocenters. The van der Waals surface area contributed by atoms with Crippen LogP contribution in [0.4, 0.5) is 0 Å². The average Bonchev–Trinajstić information content (AvgIpc) is 2.61. The van der Waals surface area contributed by atoms with E-state index in [4.69, 9.17) is 4.74 Å². The standard InChI is InChI=1S/C20H19NO3S/c1-20(2,19(22)23)25-18-10-11-21-16-9-8-13(12-15(16)18)14-6-4-5-7-17(14)24-3/h4-12H,1-3H3,(H,22,23). The molecule has 3 rings (SSSR count). The Morgan fingerprint density at radius 2 is 1.92 bits per heavy atom. The summed E-state index contributed by atoms with van der Waals surface area (Å²) in [5.41, 5.74) is 2.84. The molecule has 0 aliphatic carbocycles. The minimum atomic E-state index is -0.922. The van der Waals surface area contributed by atoms with E-state index in [0.717, 1.165) is 32.7 Å². The second kappa shape index (κ2) is 6.76. The molecule has 1 heterocycles. The lowest BCUT2D eigenvalue weighted by molar-refractivity contribution is -0.138. The Morgan fingerprint density at radius 1 is 1.16 bits per heavy atom. The Kier molecular flexibility index (Phi) is 4.68. The van der Waals surface area contributed by atoms with Gasteiger partial charge in [0.1, 0.15) is 10.5 Å². The molecule has 0 saturated heterocycles. The van der Waals surface area contributed by atoms with Crippen LogP contribution in [0.2, 0.25) is 0 Å². The number of rotatable bonds is 5. The number of methoxy groups -OCH3 is 1. The number of aliphatic carboxylic acids is 1. The zero-order valence-electron chi connectivity index (χ0n) is 14.3. The number of nitrogens with zero attached hydrogens (tertiary/aromatic N) is 1. The highest BCUT2D eigenvalue weighted by molar-refractivity contribution is 8.01. The number of benzene rings is 2. The van der Waals surface area contributed by atoms with E-state index in [-0.39, 0.29) is 0 Å². The van der Waals surface area contributed by atoms with E-state index in [1.807, 2.05) is 48.5 Å². The number of fused-ring (bicyclic) bond motifs is 1. The highest BCUT2D eigenvalue weighted by Crippen LogP contribution is 2.38. The number of aromatic nitrogens is 1. The number of ether oxygens (including phenoxy) is 1. The summed E-state index contributed by atoms with van der Waals surface area (Å²) < 4.78 is 4.53. The molecule has 25 heavy (non-hydrogen) atoms. The van der Waals surface area contributed by atoms with Crippen LogP contribution in [0.1, 0.15) is 13.8 Å². The molecule has 0 amide bonds. The van der Waals surface area contributed by atoms with Crippen LogP contribution in [-0.4, -0.2) is 27.9 Å². The monoisotopic (exact) mass is 353 g/mol. The van der Waals surface area contributed by atoms with Gasteiger partial charge in [-0.15, -0.1) is 11.8 Å². The quantitative estimate of drug-likeness (QED) is 0.663. The van der Waals surface area contributed by atoms with Crippen LogP contribution in [0, 0.1) is 0 Å². The number of carboxylic acids is 1. The van der Waals surface area contributed by atoms with Crippen molar-refractivity contribution in [2.24, 2.45) is 0 Å². The summed E-state index contributed by atoms with van der Waals surface area (Å²) in [7, 11) is 1.65. The normalized spacial score (nSPS) is 11.5. The lowest BCUT2D eigenvalue weighted by Crippen LogP contribution is -2.26. The molecule has 0 aliphatic rings. The Morgan fingerprint density at radius 3 is 2.64 bits per heavy atom. The topological polar surface area (TPSA) is 59.4 Å². The highest BCUT2D eigenvalue weighted by Gasteiger charge is 2.29. The highest BCUT2D eigenvalue weighted by atomic mass is 32.2. The third-order valence-electron chi connectivity index (χ3n) is 4.00. The zero-order valence-corrected chi connectivity index (χ0v) is 15.1. The smallest absolute Gasteiger partial charge is 0.319 e. The first kappa shape index (κ1) is 17.3. The maximum Gasteiger partial charge on any atom is 0.319 e. The lowest BCUT2D eigenvalue weighted by Gasteiger charge is -2.19. The van der Waals surface area contributed by atoms with E-state index in [9.17, 15) is 9.90 Å². The van der Waals surface area contributed by atoms with Crippen molar-refractivity contribution in [1.82, 2.24) is 4.98 Å². The van der Waals surface area contributed by atoms with Crippen LogP contribution in [0.5, 0.6) is 5.75 Å². The van der Waals surface area contributed by atoms with Gasteiger partial charge < -0.3 is 9.84 Å². The number of hydrogen-bond acceptors (Lipinski definition) is 4. The van der Waals surface area contributed by atoms with Gasteiger partial charge in [0.2, 0.25) is 0 Å². The third kappa shape index (κ3) is 3.46. The van der Waals surface area contributed by atoms with E-state index in [0.29, 0.717) is 0 Å². The Labute approximate surface area is 150 Å². The number of hydrogen-bond donors (Lipinski definition) is 1. The van der Waals surface area contributed by atoms with Crippen LogP contribution in [0.15, 0.2) is 59.6 Å². The van der Waals surface area contributed by atoms with Crippen LogP contribution < -0.4 is 4.74 Å².